The molecule has 20 heavy (non-hydrogen) atoms. The molecule has 0 spiro atoms. The second-order valence-electron chi connectivity index (χ2n) is 7.15. The summed E-state index contributed by atoms with van der Waals surface area (Å²) in [5, 5.41) is 6.13. The fourth-order valence-corrected chi connectivity index (χ4v) is 3.85. The molecule has 0 aromatic heterocycles. The van der Waals surface area contributed by atoms with Crippen LogP contribution in [0.4, 0.5) is 4.79 Å². The lowest BCUT2D eigenvalue weighted by Gasteiger charge is -2.54. The Bertz CT molecular complexity index is 381. The first-order chi connectivity index (χ1) is 9.50. The average Bonchev–Trinajstić information content (AvgIpc) is 3.14. The van der Waals surface area contributed by atoms with Gasteiger partial charge >= 0.3 is 6.03 Å². The number of ether oxygens (including phenoxy) is 1. The second-order valence-corrected chi connectivity index (χ2v) is 7.15. The first-order valence-corrected chi connectivity index (χ1v) is 7.86. The quantitative estimate of drug-likeness (QED) is 0.796. The number of likely N-dealkylation sites (N-methyl/N-ethyl adjacent to an activating group) is 1. The fraction of sp³-hybridized carbons (Fsp3) is 0.933. The minimum absolute atomic E-state index is 0.0300. The number of carbonyl (C=O) groups is 1. The van der Waals surface area contributed by atoms with Crippen molar-refractivity contribution in [2.24, 2.45) is 11.3 Å². The van der Waals surface area contributed by atoms with E-state index < -0.39 is 0 Å². The van der Waals surface area contributed by atoms with Gasteiger partial charge in [0.1, 0.15) is 0 Å². The van der Waals surface area contributed by atoms with Gasteiger partial charge in [0, 0.05) is 43.1 Å². The summed E-state index contributed by atoms with van der Waals surface area (Å²) in [4.78, 5) is 14.3. The van der Waals surface area contributed by atoms with Crippen LogP contribution in [0.25, 0.3) is 0 Å². The summed E-state index contributed by atoms with van der Waals surface area (Å²) >= 11 is 0. The Labute approximate surface area is 121 Å². The van der Waals surface area contributed by atoms with E-state index in [1.807, 2.05) is 0 Å². The predicted molar refractivity (Wildman–Crippen MR) is 77.6 cm³/mol. The van der Waals surface area contributed by atoms with E-state index in [4.69, 9.17) is 4.74 Å². The maximum Gasteiger partial charge on any atom is 0.315 e. The normalized spacial score (nSPS) is 34.5. The molecule has 1 heterocycles. The molecular formula is C15H27N3O2. The third-order valence-corrected chi connectivity index (χ3v) is 5.31. The molecule has 1 aliphatic heterocycles. The van der Waals surface area contributed by atoms with E-state index in [0.717, 1.165) is 32.2 Å². The number of nitrogens with one attached hydrogen (secondary N) is 2. The van der Waals surface area contributed by atoms with Crippen LogP contribution in [-0.2, 0) is 4.74 Å². The van der Waals surface area contributed by atoms with E-state index in [2.05, 4.69) is 36.4 Å². The third-order valence-electron chi connectivity index (χ3n) is 5.31. The van der Waals surface area contributed by atoms with Crippen molar-refractivity contribution in [3.8, 4) is 0 Å². The summed E-state index contributed by atoms with van der Waals surface area (Å²) < 4.78 is 5.75. The molecule has 2 saturated carbocycles. The molecule has 2 amide bonds. The van der Waals surface area contributed by atoms with Crippen molar-refractivity contribution >= 4 is 6.03 Å². The van der Waals surface area contributed by atoms with Gasteiger partial charge < -0.3 is 20.3 Å². The number of nitrogens with zero attached hydrogens (tertiary/aromatic N) is 1. The van der Waals surface area contributed by atoms with Crippen LogP contribution < -0.4 is 10.6 Å². The topological polar surface area (TPSA) is 53.6 Å². The van der Waals surface area contributed by atoms with Crippen LogP contribution in [0.2, 0.25) is 0 Å². The zero-order valence-corrected chi connectivity index (χ0v) is 12.8. The number of hydrogen-bond acceptors (Lipinski definition) is 3. The maximum atomic E-state index is 12.0. The lowest BCUT2D eigenvalue weighted by molar-refractivity contribution is -0.108. The number of fused-ring (bicyclic) bond motifs is 1. The van der Waals surface area contributed by atoms with Crippen LogP contribution in [0.1, 0.15) is 33.1 Å². The van der Waals surface area contributed by atoms with Gasteiger partial charge in [-0.05, 0) is 26.3 Å². The number of hydrogen-bond donors (Lipinski definition) is 2. The summed E-state index contributed by atoms with van der Waals surface area (Å²) in [5.41, 5.74) is 0.0588. The van der Waals surface area contributed by atoms with Crippen LogP contribution in [0.15, 0.2) is 0 Å². The van der Waals surface area contributed by atoms with Gasteiger partial charge in [-0.3, -0.25) is 0 Å². The number of rotatable bonds is 5. The highest BCUT2D eigenvalue weighted by molar-refractivity contribution is 5.74. The lowest BCUT2D eigenvalue weighted by atomic mass is 9.57. The molecule has 0 bridgehead atoms. The van der Waals surface area contributed by atoms with Gasteiger partial charge in [0.05, 0.1) is 6.10 Å². The summed E-state index contributed by atoms with van der Waals surface area (Å²) in [6.07, 6.45) is 4.02. The molecule has 1 saturated heterocycles. The SMILES string of the molecule is CN(CCNC(=O)N[C@@H]1[C@@H]2CCO[C@@H]2C1(C)C)C1CC1. The van der Waals surface area contributed by atoms with E-state index in [9.17, 15) is 4.79 Å². The Kier molecular flexibility index (Phi) is 3.67. The van der Waals surface area contributed by atoms with Gasteiger partial charge in [0.15, 0.2) is 0 Å². The summed E-state index contributed by atoms with van der Waals surface area (Å²) in [6.45, 7) is 6.86. The predicted octanol–water partition coefficient (Wildman–Crippen LogP) is 1.19. The zero-order chi connectivity index (χ0) is 14.3. The number of urea groups is 1. The van der Waals surface area contributed by atoms with Gasteiger partial charge in [-0.15, -0.1) is 0 Å². The Morgan fingerprint density at radius 2 is 2.10 bits per heavy atom. The number of amides is 2. The molecule has 3 rings (SSSR count). The molecule has 2 aliphatic carbocycles. The smallest absolute Gasteiger partial charge is 0.315 e. The highest BCUT2D eigenvalue weighted by Crippen LogP contribution is 2.51. The molecule has 114 valence electrons. The third kappa shape index (κ3) is 2.53. The molecule has 3 aliphatic rings. The molecule has 5 nitrogen and oxygen atoms in total. The van der Waals surface area contributed by atoms with Crippen LogP contribution in [0, 0.1) is 11.3 Å². The second kappa shape index (κ2) is 5.19. The average molecular weight is 281 g/mol. The summed E-state index contributed by atoms with van der Waals surface area (Å²) in [5.74, 6) is 0.505. The zero-order valence-electron chi connectivity index (χ0n) is 12.8. The highest BCUT2D eigenvalue weighted by atomic mass is 16.5. The molecule has 2 N–H and O–H groups in total. The fourth-order valence-electron chi connectivity index (χ4n) is 3.85. The van der Waals surface area contributed by atoms with Crippen LogP contribution in [-0.4, -0.2) is 55.9 Å². The van der Waals surface area contributed by atoms with Crippen molar-refractivity contribution in [1.29, 1.82) is 0 Å². The molecule has 0 radical (unpaired) electrons. The Hall–Kier alpha value is -0.810. The molecule has 0 aromatic carbocycles. The van der Waals surface area contributed by atoms with Gasteiger partial charge in [-0.25, -0.2) is 4.79 Å². The molecule has 3 fully saturated rings. The van der Waals surface area contributed by atoms with Crippen molar-refractivity contribution in [3.63, 3.8) is 0 Å². The first-order valence-electron chi connectivity index (χ1n) is 7.86. The van der Waals surface area contributed by atoms with Crippen molar-refractivity contribution in [2.45, 2.75) is 51.3 Å². The van der Waals surface area contributed by atoms with Crippen molar-refractivity contribution in [2.75, 3.05) is 26.7 Å². The summed E-state index contributed by atoms with van der Waals surface area (Å²) in [6, 6.07) is 0.968. The van der Waals surface area contributed by atoms with Gasteiger partial charge in [0.2, 0.25) is 0 Å². The van der Waals surface area contributed by atoms with E-state index in [0.29, 0.717) is 12.0 Å². The Balaban J connectivity index is 1.40. The van der Waals surface area contributed by atoms with Crippen LogP contribution in [0.3, 0.4) is 0 Å². The van der Waals surface area contributed by atoms with Crippen molar-refractivity contribution in [1.82, 2.24) is 15.5 Å². The van der Waals surface area contributed by atoms with Crippen LogP contribution in [0.5, 0.6) is 0 Å². The molecule has 0 unspecified atom stereocenters. The van der Waals surface area contributed by atoms with Crippen molar-refractivity contribution < 1.29 is 9.53 Å². The summed E-state index contributed by atoms with van der Waals surface area (Å²) in [7, 11) is 2.13. The minimum Gasteiger partial charge on any atom is -0.377 e. The van der Waals surface area contributed by atoms with E-state index in [1.165, 1.54) is 12.8 Å². The van der Waals surface area contributed by atoms with Gasteiger partial charge in [-0.1, -0.05) is 13.8 Å². The minimum atomic E-state index is -0.0300. The van der Waals surface area contributed by atoms with E-state index in [1.54, 1.807) is 0 Å². The van der Waals surface area contributed by atoms with Gasteiger partial charge in [0.25, 0.3) is 0 Å². The standard InChI is InChI=1S/C15H27N3O2/c1-15(2)12(11-6-9-20-13(11)15)17-14(19)16-7-8-18(3)10-4-5-10/h10-13H,4-9H2,1-3H3,(H2,16,17,19)/t11-,12+,13-/m0/s1. The maximum absolute atomic E-state index is 12.0. The molecular weight excluding hydrogens is 254 g/mol. The Morgan fingerprint density at radius 1 is 1.35 bits per heavy atom. The number of carbonyl (C=O) groups excluding carboxylic acids is 1. The largest absolute Gasteiger partial charge is 0.377 e. The van der Waals surface area contributed by atoms with E-state index in [-0.39, 0.29) is 17.5 Å². The molecule has 5 heteroatoms. The highest BCUT2D eigenvalue weighted by Gasteiger charge is 2.59. The lowest BCUT2D eigenvalue weighted by Crippen LogP contribution is -2.67. The van der Waals surface area contributed by atoms with E-state index >= 15 is 0 Å². The monoisotopic (exact) mass is 281 g/mol. The molecule has 3 atom stereocenters. The first kappa shape index (κ1) is 14.1. The molecule has 0 aromatic rings. The van der Waals surface area contributed by atoms with Crippen molar-refractivity contribution in [3.05, 3.63) is 0 Å². The van der Waals surface area contributed by atoms with Crippen LogP contribution >= 0.6 is 0 Å². The van der Waals surface area contributed by atoms with Gasteiger partial charge in [-0.2, -0.15) is 0 Å². The Morgan fingerprint density at radius 3 is 2.80 bits per heavy atom.